The number of benzene rings is 1. The van der Waals surface area contributed by atoms with Gasteiger partial charge in [0, 0.05) is 17.9 Å². The molecule has 6 heteroatoms. The van der Waals surface area contributed by atoms with E-state index in [4.69, 9.17) is 9.84 Å². The van der Waals surface area contributed by atoms with Crippen LogP contribution < -0.4 is 10.6 Å². The number of nitrogens with one attached hydrogen (secondary N) is 2. The van der Waals surface area contributed by atoms with E-state index in [0.717, 1.165) is 5.56 Å². The van der Waals surface area contributed by atoms with E-state index >= 15 is 0 Å². The fourth-order valence-corrected chi connectivity index (χ4v) is 2.81. The first-order chi connectivity index (χ1) is 11.4. The molecule has 0 spiro atoms. The molecule has 0 aliphatic carbocycles. The lowest BCUT2D eigenvalue weighted by Crippen LogP contribution is -2.51. The van der Waals surface area contributed by atoms with Crippen molar-refractivity contribution in [3.63, 3.8) is 0 Å². The largest absolute Gasteiger partial charge is 0.481 e. The number of hydrogen-bond donors (Lipinski definition) is 3. The Hall–Kier alpha value is -2.08. The van der Waals surface area contributed by atoms with Gasteiger partial charge in [0.15, 0.2) is 0 Å². The molecule has 0 aromatic heterocycles. The van der Waals surface area contributed by atoms with Crippen molar-refractivity contribution in [2.24, 2.45) is 5.41 Å². The minimum Gasteiger partial charge on any atom is -0.481 e. The van der Waals surface area contributed by atoms with Crippen LogP contribution >= 0.6 is 0 Å². The average molecular weight is 334 g/mol. The highest BCUT2D eigenvalue weighted by Crippen LogP contribution is 2.27. The van der Waals surface area contributed by atoms with Crippen molar-refractivity contribution in [2.45, 2.75) is 45.2 Å². The maximum Gasteiger partial charge on any atom is 0.315 e. The third-order valence-electron chi connectivity index (χ3n) is 4.37. The molecular formula is C18H26N2O4. The fraction of sp³-hybridized carbons (Fsp3) is 0.556. The van der Waals surface area contributed by atoms with Gasteiger partial charge in [-0.05, 0) is 18.4 Å². The molecule has 6 nitrogen and oxygen atoms in total. The Bertz CT molecular complexity index is 559. The van der Waals surface area contributed by atoms with Gasteiger partial charge in [-0.2, -0.15) is 0 Å². The van der Waals surface area contributed by atoms with Gasteiger partial charge in [0.25, 0.3) is 0 Å². The smallest absolute Gasteiger partial charge is 0.315 e. The normalized spacial score (nSPS) is 20.3. The highest BCUT2D eigenvalue weighted by molar-refractivity contribution is 5.75. The second kappa shape index (κ2) is 8.15. The minimum atomic E-state index is -0.861. The quantitative estimate of drug-likeness (QED) is 0.713. The maximum atomic E-state index is 12.3. The summed E-state index contributed by atoms with van der Waals surface area (Å²) in [4.78, 5) is 23.2. The number of amides is 2. The van der Waals surface area contributed by atoms with E-state index in [2.05, 4.69) is 24.5 Å². The van der Waals surface area contributed by atoms with Crippen LogP contribution in [0.4, 0.5) is 4.79 Å². The second-order valence-corrected chi connectivity index (χ2v) is 6.99. The molecule has 24 heavy (non-hydrogen) atoms. The van der Waals surface area contributed by atoms with E-state index in [0.29, 0.717) is 26.1 Å². The SMILES string of the molecule is CC1(C)COCC1NC(=O)NC(CCC(=O)O)Cc1ccccc1. The van der Waals surface area contributed by atoms with E-state index in [1.54, 1.807) is 0 Å². The van der Waals surface area contributed by atoms with Gasteiger partial charge in [-0.1, -0.05) is 44.2 Å². The van der Waals surface area contributed by atoms with Crippen LogP contribution in [-0.4, -0.2) is 42.4 Å². The Morgan fingerprint density at radius 2 is 2.04 bits per heavy atom. The van der Waals surface area contributed by atoms with E-state index in [9.17, 15) is 9.59 Å². The van der Waals surface area contributed by atoms with Gasteiger partial charge in [-0.15, -0.1) is 0 Å². The Balaban J connectivity index is 1.93. The first-order valence-electron chi connectivity index (χ1n) is 8.27. The predicted molar refractivity (Wildman–Crippen MR) is 90.9 cm³/mol. The molecule has 3 N–H and O–H groups in total. The molecular weight excluding hydrogens is 308 g/mol. The lowest BCUT2D eigenvalue weighted by Gasteiger charge is -2.27. The van der Waals surface area contributed by atoms with E-state index in [1.807, 2.05) is 30.3 Å². The van der Waals surface area contributed by atoms with Gasteiger partial charge < -0.3 is 20.5 Å². The van der Waals surface area contributed by atoms with Gasteiger partial charge in [0.2, 0.25) is 0 Å². The number of rotatable bonds is 7. The van der Waals surface area contributed by atoms with Crippen LogP contribution in [0.1, 0.15) is 32.3 Å². The number of hydrogen-bond acceptors (Lipinski definition) is 3. The molecule has 2 amide bonds. The minimum absolute atomic E-state index is 0.0236. The molecule has 1 aromatic rings. The maximum absolute atomic E-state index is 12.3. The van der Waals surface area contributed by atoms with Crippen LogP contribution in [0.15, 0.2) is 30.3 Å². The van der Waals surface area contributed by atoms with Crippen LogP contribution in [-0.2, 0) is 16.0 Å². The van der Waals surface area contributed by atoms with Gasteiger partial charge in [0.1, 0.15) is 0 Å². The average Bonchev–Trinajstić information content (AvgIpc) is 2.84. The highest BCUT2D eigenvalue weighted by Gasteiger charge is 2.36. The molecule has 0 saturated carbocycles. The summed E-state index contributed by atoms with van der Waals surface area (Å²) in [5.41, 5.74) is 0.963. The number of carboxylic acids is 1. The Morgan fingerprint density at radius 3 is 2.62 bits per heavy atom. The number of carbonyl (C=O) groups is 2. The van der Waals surface area contributed by atoms with Crippen molar-refractivity contribution in [3.05, 3.63) is 35.9 Å². The number of urea groups is 1. The summed E-state index contributed by atoms with van der Waals surface area (Å²) in [7, 11) is 0. The number of ether oxygens (including phenoxy) is 1. The molecule has 1 heterocycles. The summed E-state index contributed by atoms with van der Waals surface area (Å²) in [5, 5.41) is 14.8. The van der Waals surface area contributed by atoms with Crippen molar-refractivity contribution in [2.75, 3.05) is 13.2 Å². The molecule has 1 aliphatic heterocycles. The van der Waals surface area contributed by atoms with Crippen LogP contribution in [0.25, 0.3) is 0 Å². The summed E-state index contributed by atoms with van der Waals surface area (Å²) in [6, 6.07) is 9.19. The Kier molecular flexibility index (Phi) is 6.20. The molecule has 2 unspecified atom stereocenters. The monoisotopic (exact) mass is 334 g/mol. The predicted octanol–water partition coefficient (Wildman–Crippen LogP) is 2.19. The highest BCUT2D eigenvalue weighted by atomic mass is 16.5. The van der Waals surface area contributed by atoms with Crippen molar-refractivity contribution >= 4 is 12.0 Å². The lowest BCUT2D eigenvalue weighted by molar-refractivity contribution is -0.137. The summed E-state index contributed by atoms with van der Waals surface area (Å²) in [6.45, 7) is 5.22. The molecule has 2 atom stereocenters. The van der Waals surface area contributed by atoms with Gasteiger partial charge >= 0.3 is 12.0 Å². The summed E-state index contributed by atoms with van der Waals surface area (Å²) < 4.78 is 5.43. The van der Waals surface area contributed by atoms with Crippen molar-refractivity contribution in [3.8, 4) is 0 Å². The van der Waals surface area contributed by atoms with Gasteiger partial charge in [0.05, 0.1) is 19.3 Å². The third kappa shape index (κ3) is 5.53. The van der Waals surface area contributed by atoms with Crippen LogP contribution in [0, 0.1) is 5.41 Å². The Morgan fingerprint density at radius 1 is 1.33 bits per heavy atom. The van der Waals surface area contributed by atoms with Gasteiger partial charge in [-0.3, -0.25) is 4.79 Å². The van der Waals surface area contributed by atoms with Crippen molar-refractivity contribution in [1.29, 1.82) is 0 Å². The van der Waals surface area contributed by atoms with Crippen molar-refractivity contribution < 1.29 is 19.4 Å². The first kappa shape index (κ1) is 18.3. The van der Waals surface area contributed by atoms with Crippen LogP contribution in [0.5, 0.6) is 0 Å². The summed E-state index contributed by atoms with van der Waals surface area (Å²) in [6.07, 6.45) is 1.02. The molecule has 1 saturated heterocycles. The topological polar surface area (TPSA) is 87.7 Å². The number of aliphatic carboxylic acids is 1. The molecule has 0 bridgehead atoms. The molecule has 1 aromatic carbocycles. The number of carbonyl (C=O) groups excluding carboxylic acids is 1. The molecule has 132 valence electrons. The van der Waals surface area contributed by atoms with Crippen molar-refractivity contribution in [1.82, 2.24) is 10.6 Å². The Labute approximate surface area is 142 Å². The van der Waals surface area contributed by atoms with Gasteiger partial charge in [-0.25, -0.2) is 4.79 Å². The molecule has 0 radical (unpaired) electrons. The molecule has 1 aliphatic rings. The lowest BCUT2D eigenvalue weighted by atomic mass is 9.88. The molecule has 2 rings (SSSR count). The first-order valence-corrected chi connectivity index (χ1v) is 8.27. The van der Waals surface area contributed by atoms with E-state index in [1.165, 1.54) is 0 Å². The zero-order valence-corrected chi connectivity index (χ0v) is 14.2. The van der Waals surface area contributed by atoms with E-state index in [-0.39, 0.29) is 30.0 Å². The van der Waals surface area contributed by atoms with Crippen LogP contribution in [0.2, 0.25) is 0 Å². The van der Waals surface area contributed by atoms with E-state index < -0.39 is 5.97 Å². The zero-order valence-electron chi connectivity index (χ0n) is 14.2. The zero-order chi connectivity index (χ0) is 17.6. The molecule has 1 fully saturated rings. The summed E-state index contributed by atoms with van der Waals surface area (Å²) >= 11 is 0. The van der Waals surface area contributed by atoms with Crippen LogP contribution in [0.3, 0.4) is 0 Å². The standard InChI is InChI=1S/C18H26N2O4/c1-18(2)12-24-11-15(18)20-17(23)19-14(8-9-16(21)22)10-13-6-4-3-5-7-13/h3-7,14-15H,8-12H2,1-2H3,(H,21,22)(H2,19,20,23). The number of carboxylic acid groups (broad SMARTS) is 1. The summed E-state index contributed by atoms with van der Waals surface area (Å²) in [5.74, 6) is -0.861. The third-order valence-corrected chi connectivity index (χ3v) is 4.37. The second-order valence-electron chi connectivity index (χ2n) is 6.99. The fourth-order valence-electron chi connectivity index (χ4n) is 2.81.